The Morgan fingerprint density at radius 1 is 1.22 bits per heavy atom. The van der Waals surface area contributed by atoms with Crippen molar-refractivity contribution in [1.82, 2.24) is 9.13 Å². The number of halogens is 3. The SMILES string of the molecule is O=c1onc(-c2ccc(Cl)cc2)n1S(=O)Oc1c(Cl)csc1Cl. The molecule has 23 heavy (non-hydrogen) atoms. The van der Waals surface area contributed by atoms with Crippen molar-refractivity contribution < 1.29 is 12.9 Å². The minimum absolute atomic E-state index is 0.0202. The second-order valence-corrected chi connectivity index (χ2v) is 7.35. The van der Waals surface area contributed by atoms with E-state index >= 15 is 0 Å². The Balaban J connectivity index is 2.00. The first-order valence-corrected chi connectivity index (χ1v) is 8.89. The fraction of sp³-hybridized carbons (Fsp3) is 0. The van der Waals surface area contributed by atoms with Crippen LogP contribution in [0.2, 0.25) is 14.4 Å². The molecule has 1 aromatic carbocycles. The Hall–Kier alpha value is -1.32. The smallest absolute Gasteiger partial charge is 0.380 e. The lowest BCUT2D eigenvalue weighted by molar-refractivity contribution is 0.384. The van der Waals surface area contributed by atoms with Crippen LogP contribution in [0.1, 0.15) is 0 Å². The molecule has 0 saturated heterocycles. The average molecular weight is 412 g/mol. The van der Waals surface area contributed by atoms with Crippen molar-refractivity contribution in [3.8, 4) is 17.1 Å². The van der Waals surface area contributed by atoms with E-state index in [1.807, 2.05) is 0 Å². The van der Waals surface area contributed by atoms with Gasteiger partial charge in [0.2, 0.25) is 5.82 Å². The van der Waals surface area contributed by atoms with Gasteiger partial charge in [0, 0.05) is 16.0 Å². The van der Waals surface area contributed by atoms with Crippen molar-refractivity contribution >= 4 is 57.4 Å². The van der Waals surface area contributed by atoms with Crippen LogP contribution in [-0.4, -0.2) is 13.3 Å². The molecule has 0 bridgehead atoms. The number of hydrogen-bond donors (Lipinski definition) is 0. The zero-order valence-electron chi connectivity index (χ0n) is 10.9. The fourth-order valence-electron chi connectivity index (χ4n) is 1.63. The van der Waals surface area contributed by atoms with Crippen molar-refractivity contribution in [3.63, 3.8) is 0 Å². The number of benzene rings is 1. The molecule has 0 aliphatic carbocycles. The number of rotatable bonds is 4. The maximum absolute atomic E-state index is 12.4. The van der Waals surface area contributed by atoms with Crippen LogP contribution in [0, 0.1) is 0 Å². The molecule has 0 amide bonds. The largest absolute Gasteiger partial charge is 0.456 e. The highest BCUT2D eigenvalue weighted by Gasteiger charge is 2.22. The van der Waals surface area contributed by atoms with Crippen LogP contribution in [0.25, 0.3) is 11.4 Å². The second-order valence-electron chi connectivity index (χ2n) is 4.06. The highest BCUT2D eigenvalue weighted by atomic mass is 35.5. The number of thiophene rings is 1. The van der Waals surface area contributed by atoms with Crippen LogP contribution in [0.3, 0.4) is 0 Å². The topological polar surface area (TPSA) is 74.3 Å². The number of nitrogens with zero attached hydrogens (tertiary/aromatic N) is 2. The molecule has 0 radical (unpaired) electrons. The minimum Gasteiger partial charge on any atom is -0.380 e. The normalized spacial score (nSPS) is 12.3. The van der Waals surface area contributed by atoms with Gasteiger partial charge in [-0.3, -0.25) is 4.52 Å². The molecule has 0 aliphatic rings. The zero-order valence-corrected chi connectivity index (χ0v) is 14.8. The van der Waals surface area contributed by atoms with E-state index in [0.717, 1.165) is 15.3 Å². The van der Waals surface area contributed by atoms with Gasteiger partial charge in [0.1, 0.15) is 4.34 Å². The van der Waals surface area contributed by atoms with Gasteiger partial charge in [-0.25, -0.2) is 4.79 Å². The van der Waals surface area contributed by atoms with Crippen molar-refractivity contribution in [3.05, 3.63) is 54.6 Å². The molecule has 0 aliphatic heterocycles. The maximum atomic E-state index is 12.4. The van der Waals surface area contributed by atoms with Crippen LogP contribution >= 0.6 is 46.1 Å². The third-order valence-corrected chi connectivity index (χ3v) is 5.41. The van der Waals surface area contributed by atoms with E-state index in [2.05, 4.69) is 9.68 Å². The van der Waals surface area contributed by atoms with Gasteiger partial charge in [0.05, 0.1) is 5.02 Å². The standard InChI is InChI=1S/C12H5Cl3N2O4S2/c13-7-3-1-6(2-4-7)11-16-20-12(18)17(11)23(19)21-9-8(14)5-22-10(9)15/h1-5H. The van der Waals surface area contributed by atoms with E-state index in [4.69, 9.17) is 39.0 Å². The first-order chi connectivity index (χ1) is 11.0. The summed E-state index contributed by atoms with van der Waals surface area (Å²) in [5.41, 5.74) is 0.472. The van der Waals surface area contributed by atoms with E-state index in [9.17, 15) is 9.00 Å². The molecule has 0 saturated carbocycles. The summed E-state index contributed by atoms with van der Waals surface area (Å²) in [4.78, 5) is 11.8. The fourth-order valence-corrected chi connectivity index (χ4v) is 3.94. The quantitative estimate of drug-likeness (QED) is 0.648. The molecule has 1 atom stereocenters. The summed E-state index contributed by atoms with van der Waals surface area (Å²) >= 11 is 16.4. The van der Waals surface area contributed by atoms with Crippen LogP contribution in [-0.2, 0) is 11.3 Å². The Bertz CT molecular complexity index is 913. The summed E-state index contributed by atoms with van der Waals surface area (Å²) in [5.74, 6) is -0.907. The Labute approximate surface area is 150 Å². The monoisotopic (exact) mass is 410 g/mol. The molecular weight excluding hydrogens is 407 g/mol. The molecule has 0 N–H and O–H groups in total. The van der Waals surface area contributed by atoms with Gasteiger partial charge in [0.15, 0.2) is 5.75 Å². The molecule has 0 fully saturated rings. The molecule has 120 valence electrons. The Kier molecular flexibility index (Phi) is 4.79. The van der Waals surface area contributed by atoms with Gasteiger partial charge >= 0.3 is 17.0 Å². The third-order valence-electron chi connectivity index (χ3n) is 2.64. The summed E-state index contributed by atoms with van der Waals surface area (Å²) in [6.07, 6.45) is 0. The summed E-state index contributed by atoms with van der Waals surface area (Å²) in [7, 11) is 0. The number of hydrogen-bond acceptors (Lipinski definition) is 6. The van der Waals surface area contributed by atoms with E-state index in [-0.39, 0.29) is 20.9 Å². The van der Waals surface area contributed by atoms with Gasteiger partial charge in [-0.15, -0.1) is 15.3 Å². The molecule has 3 rings (SSSR count). The summed E-state index contributed by atoms with van der Waals surface area (Å²) in [6, 6.07) is 6.38. The van der Waals surface area contributed by atoms with Gasteiger partial charge in [-0.2, -0.15) is 4.21 Å². The summed E-state index contributed by atoms with van der Waals surface area (Å²) in [6.45, 7) is 0. The van der Waals surface area contributed by atoms with Crippen molar-refractivity contribution in [2.24, 2.45) is 0 Å². The van der Waals surface area contributed by atoms with Gasteiger partial charge in [-0.1, -0.05) is 40.0 Å². The van der Waals surface area contributed by atoms with Crippen molar-refractivity contribution in [1.29, 1.82) is 0 Å². The van der Waals surface area contributed by atoms with Crippen LogP contribution in [0.4, 0.5) is 0 Å². The lowest BCUT2D eigenvalue weighted by Crippen LogP contribution is -2.23. The van der Waals surface area contributed by atoms with E-state index < -0.39 is 17.0 Å². The van der Waals surface area contributed by atoms with E-state index in [1.54, 1.807) is 24.3 Å². The molecule has 6 nitrogen and oxygen atoms in total. The predicted octanol–water partition coefficient (Wildman–Crippen LogP) is 4.03. The highest BCUT2D eigenvalue weighted by Crippen LogP contribution is 2.39. The molecule has 0 spiro atoms. The Morgan fingerprint density at radius 2 is 1.91 bits per heavy atom. The maximum Gasteiger partial charge on any atom is 0.456 e. The second kappa shape index (κ2) is 6.66. The summed E-state index contributed by atoms with van der Waals surface area (Å²) in [5, 5.41) is 5.81. The third kappa shape index (κ3) is 3.31. The lowest BCUT2D eigenvalue weighted by atomic mass is 10.2. The zero-order chi connectivity index (χ0) is 16.6. The van der Waals surface area contributed by atoms with Gasteiger partial charge < -0.3 is 4.18 Å². The van der Waals surface area contributed by atoms with Gasteiger partial charge in [-0.05, 0) is 24.3 Å². The summed E-state index contributed by atoms with van der Waals surface area (Å²) < 4.78 is 23.1. The number of aromatic nitrogens is 2. The van der Waals surface area contributed by atoms with E-state index in [0.29, 0.717) is 10.6 Å². The average Bonchev–Trinajstić information content (AvgIpc) is 3.05. The van der Waals surface area contributed by atoms with Crippen LogP contribution in [0.15, 0.2) is 39.0 Å². The minimum atomic E-state index is -2.28. The van der Waals surface area contributed by atoms with Crippen LogP contribution in [0.5, 0.6) is 5.75 Å². The van der Waals surface area contributed by atoms with Crippen molar-refractivity contribution in [2.75, 3.05) is 0 Å². The van der Waals surface area contributed by atoms with Crippen LogP contribution < -0.4 is 9.94 Å². The molecule has 3 aromatic rings. The molecule has 2 heterocycles. The van der Waals surface area contributed by atoms with Crippen molar-refractivity contribution in [2.45, 2.75) is 0 Å². The first kappa shape index (κ1) is 16.5. The van der Waals surface area contributed by atoms with E-state index in [1.165, 1.54) is 5.38 Å². The molecule has 2 aromatic heterocycles. The Morgan fingerprint density at radius 3 is 2.52 bits per heavy atom. The molecular formula is C12H5Cl3N2O4S2. The molecule has 1 unspecified atom stereocenters. The highest BCUT2D eigenvalue weighted by molar-refractivity contribution is 7.79. The lowest BCUT2D eigenvalue weighted by Gasteiger charge is -2.05. The molecule has 11 heteroatoms. The first-order valence-electron chi connectivity index (χ1n) is 5.85. The van der Waals surface area contributed by atoms with Gasteiger partial charge in [0.25, 0.3) is 0 Å². The predicted molar refractivity (Wildman–Crippen MR) is 89.7 cm³/mol.